The maximum atomic E-state index is 10.6. The van der Waals surface area contributed by atoms with E-state index in [1.165, 1.54) is 0 Å². The molecule has 6 nitrogen and oxygen atoms in total. The molecule has 148 valence electrons. The van der Waals surface area contributed by atoms with Crippen LogP contribution >= 0.6 is 0 Å². The van der Waals surface area contributed by atoms with Crippen molar-refractivity contribution in [3.8, 4) is 5.75 Å². The number of para-hydroxylation sites is 1. The molecule has 0 amide bonds. The van der Waals surface area contributed by atoms with Gasteiger partial charge in [0.15, 0.2) is 0 Å². The Labute approximate surface area is 166 Å². The molecule has 2 aliphatic rings. The number of aliphatic hydroxyl groups excluding tert-OH is 1. The van der Waals surface area contributed by atoms with Crippen LogP contribution in [0.4, 0.5) is 5.82 Å². The minimum absolute atomic E-state index is 0.0435. The third-order valence-corrected chi connectivity index (χ3v) is 5.91. The normalized spacial score (nSPS) is 27.6. The Balaban J connectivity index is 1.32. The fraction of sp³-hybridized carbons (Fsp3) is 0.455. The van der Waals surface area contributed by atoms with Crippen LogP contribution < -0.4 is 10.1 Å². The lowest BCUT2D eigenvalue weighted by atomic mass is 9.77. The van der Waals surface area contributed by atoms with Gasteiger partial charge in [0.2, 0.25) is 0 Å². The molecule has 4 atom stereocenters. The quantitative estimate of drug-likeness (QED) is 0.803. The zero-order valence-electron chi connectivity index (χ0n) is 16.2. The van der Waals surface area contributed by atoms with Crippen LogP contribution in [0.5, 0.6) is 5.75 Å². The van der Waals surface area contributed by atoms with E-state index in [4.69, 9.17) is 4.74 Å². The summed E-state index contributed by atoms with van der Waals surface area (Å²) < 4.78 is 5.41. The molecule has 2 N–H and O–H groups in total. The first-order valence-corrected chi connectivity index (χ1v) is 9.95. The lowest BCUT2D eigenvalue weighted by molar-refractivity contribution is 0.0735. The van der Waals surface area contributed by atoms with Crippen molar-refractivity contribution < 1.29 is 9.84 Å². The predicted molar refractivity (Wildman–Crippen MR) is 110 cm³/mol. The van der Waals surface area contributed by atoms with Gasteiger partial charge in [-0.25, -0.2) is 4.98 Å². The molecule has 4 rings (SSSR count). The number of fused-ring (bicyclic) bond motifs is 1. The first kappa shape index (κ1) is 18.9. The smallest absolute Gasteiger partial charge is 0.144 e. The lowest BCUT2D eigenvalue weighted by Crippen LogP contribution is -2.43. The Hall–Kier alpha value is -2.44. The van der Waals surface area contributed by atoms with Crippen molar-refractivity contribution in [2.24, 2.45) is 11.8 Å². The van der Waals surface area contributed by atoms with Crippen LogP contribution in [0.15, 0.2) is 48.9 Å². The molecule has 0 unspecified atom stereocenters. The van der Waals surface area contributed by atoms with Crippen molar-refractivity contribution in [1.29, 1.82) is 0 Å². The van der Waals surface area contributed by atoms with Gasteiger partial charge in [0, 0.05) is 37.6 Å². The number of benzene rings is 1. The molecule has 6 heteroatoms. The Morgan fingerprint density at radius 2 is 2.04 bits per heavy atom. The maximum Gasteiger partial charge on any atom is 0.144 e. The number of aliphatic hydroxyl groups is 1. The van der Waals surface area contributed by atoms with E-state index in [1.807, 2.05) is 18.2 Å². The van der Waals surface area contributed by atoms with Crippen molar-refractivity contribution in [2.45, 2.75) is 25.0 Å². The summed E-state index contributed by atoms with van der Waals surface area (Å²) >= 11 is 0. The third kappa shape index (κ3) is 4.34. The molecule has 1 saturated heterocycles. The van der Waals surface area contributed by atoms with E-state index in [1.54, 1.807) is 25.7 Å². The number of hydrogen-bond donors (Lipinski definition) is 2. The Kier molecular flexibility index (Phi) is 5.88. The number of likely N-dealkylation sites (tertiary alicyclic amines) is 1. The highest BCUT2D eigenvalue weighted by molar-refractivity contribution is 5.57. The minimum Gasteiger partial charge on any atom is -0.496 e. The highest BCUT2D eigenvalue weighted by Crippen LogP contribution is 2.37. The molecule has 0 bridgehead atoms. The third-order valence-electron chi connectivity index (χ3n) is 5.91. The standard InChI is InChI=1S/C22H28N4O2/c1-28-21-7-3-2-5-16(21)6-4-10-26-14-17-11-19(20(27)12-18(17)15-26)25-22-13-23-8-9-24-22/h2-9,13,17-20,27H,10-12,14-15H2,1H3,(H,24,25)/b6-4+/t17-,18+,19-,20-/m1/s1. The monoisotopic (exact) mass is 380 g/mol. The van der Waals surface area contributed by atoms with E-state index < -0.39 is 0 Å². The molecule has 1 aliphatic heterocycles. The van der Waals surface area contributed by atoms with Gasteiger partial charge in [-0.1, -0.05) is 30.4 Å². The maximum absolute atomic E-state index is 10.6. The molecule has 1 saturated carbocycles. The average molecular weight is 380 g/mol. The zero-order chi connectivity index (χ0) is 19.3. The second-order valence-electron chi connectivity index (χ2n) is 7.76. The number of methoxy groups -OCH3 is 1. The molecule has 1 aromatic heterocycles. The van der Waals surface area contributed by atoms with Crippen molar-refractivity contribution >= 4 is 11.9 Å². The Morgan fingerprint density at radius 1 is 1.21 bits per heavy atom. The highest BCUT2D eigenvalue weighted by atomic mass is 16.5. The van der Waals surface area contributed by atoms with Gasteiger partial charge in [0.1, 0.15) is 11.6 Å². The van der Waals surface area contributed by atoms with Gasteiger partial charge in [0.05, 0.1) is 25.5 Å². The summed E-state index contributed by atoms with van der Waals surface area (Å²) in [5, 5.41) is 14.0. The predicted octanol–water partition coefficient (Wildman–Crippen LogP) is 2.68. The molecule has 28 heavy (non-hydrogen) atoms. The van der Waals surface area contributed by atoms with Crippen LogP contribution in [0.25, 0.3) is 6.08 Å². The van der Waals surface area contributed by atoms with Crippen LogP contribution in [0, 0.1) is 11.8 Å². The van der Waals surface area contributed by atoms with Gasteiger partial charge in [0.25, 0.3) is 0 Å². The van der Waals surface area contributed by atoms with Gasteiger partial charge in [-0.3, -0.25) is 9.88 Å². The molecular weight excluding hydrogens is 352 g/mol. The van der Waals surface area contributed by atoms with Crippen molar-refractivity contribution in [1.82, 2.24) is 14.9 Å². The summed E-state index contributed by atoms with van der Waals surface area (Å²) in [6.45, 7) is 3.05. The number of rotatable bonds is 6. The lowest BCUT2D eigenvalue weighted by Gasteiger charge is -2.35. The summed E-state index contributed by atoms with van der Waals surface area (Å²) in [6.07, 6.45) is 10.9. The molecule has 0 spiro atoms. The number of hydrogen-bond acceptors (Lipinski definition) is 6. The molecule has 1 aromatic carbocycles. The van der Waals surface area contributed by atoms with Gasteiger partial charge >= 0.3 is 0 Å². The summed E-state index contributed by atoms with van der Waals surface area (Å²) in [7, 11) is 1.70. The van der Waals surface area contributed by atoms with Gasteiger partial charge in [-0.15, -0.1) is 0 Å². The van der Waals surface area contributed by atoms with E-state index in [0.29, 0.717) is 11.8 Å². The van der Waals surface area contributed by atoms with Gasteiger partial charge < -0.3 is 15.2 Å². The van der Waals surface area contributed by atoms with Crippen LogP contribution in [-0.4, -0.2) is 58.9 Å². The van der Waals surface area contributed by atoms with Gasteiger partial charge in [-0.2, -0.15) is 0 Å². The largest absolute Gasteiger partial charge is 0.496 e. The van der Waals surface area contributed by atoms with Crippen molar-refractivity contribution in [2.75, 3.05) is 32.1 Å². The average Bonchev–Trinajstić information content (AvgIpc) is 3.11. The van der Waals surface area contributed by atoms with Crippen LogP contribution in [0.2, 0.25) is 0 Å². The fourth-order valence-electron chi connectivity index (χ4n) is 4.53. The summed E-state index contributed by atoms with van der Waals surface area (Å²) in [5.41, 5.74) is 1.10. The molecule has 0 radical (unpaired) electrons. The Morgan fingerprint density at radius 3 is 2.82 bits per heavy atom. The zero-order valence-corrected chi connectivity index (χ0v) is 16.2. The Bertz CT molecular complexity index is 798. The first-order valence-electron chi connectivity index (χ1n) is 9.95. The van der Waals surface area contributed by atoms with E-state index in [2.05, 4.69) is 38.4 Å². The number of nitrogens with one attached hydrogen (secondary N) is 1. The SMILES string of the molecule is COc1ccccc1/C=C/CN1C[C@H]2C[C@@H](Nc3cnccn3)[C@H](O)C[C@H]2C1. The van der Waals surface area contributed by atoms with Crippen molar-refractivity contribution in [3.63, 3.8) is 0 Å². The molecule has 2 aromatic rings. The van der Waals surface area contributed by atoms with E-state index in [9.17, 15) is 5.11 Å². The number of ether oxygens (including phenoxy) is 1. The van der Waals surface area contributed by atoms with Crippen LogP contribution in [-0.2, 0) is 0 Å². The van der Waals surface area contributed by atoms with E-state index >= 15 is 0 Å². The molecule has 2 heterocycles. The van der Waals surface area contributed by atoms with E-state index in [-0.39, 0.29) is 12.1 Å². The second-order valence-corrected chi connectivity index (χ2v) is 7.76. The number of aromatic nitrogens is 2. The highest BCUT2D eigenvalue weighted by Gasteiger charge is 2.41. The topological polar surface area (TPSA) is 70.5 Å². The summed E-state index contributed by atoms with van der Waals surface area (Å²) in [4.78, 5) is 10.9. The minimum atomic E-state index is -0.340. The fourth-order valence-corrected chi connectivity index (χ4v) is 4.53. The second kappa shape index (κ2) is 8.71. The summed E-state index contributed by atoms with van der Waals surface area (Å²) in [6, 6.07) is 8.10. The molecule has 1 aliphatic carbocycles. The van der Waals surface area contributed by atoms with Crippen LogP contribution in [0.3, 0.4) is 0 Å². The first-order chi connectivity index (χ1) is 13.7. The van der Waals surface area contributed by atoms with Crippen molar-refractivity contribution in [3.05, 3.63) is 54.5 Å². The van der Waals surface area contributed by atoms with E-state index in [0.717, 1.165) is 49.6 Å². The number of nitrogens with zero attached hydrogens (tertiary/aromatic N) is 3. The number of anilines is 1. The van der Waals surface area contributed by atoms with Crippen LogP contribution in [0.1, 0.15) is 18.4 Å². The molecule has 2 fully saturated rings. The van der Waals surface area contributed by atoms with Gasteiger partial charge in [-0.05, 0) is 30.7 Å². The molecular formula is C22H28N4O2. The summed E-state index contributed by atoms with van der Waals surface area (Å²) in [5.74, 6) is 2.81.